The Balaban J connectivity index is 1.73. The second-order valence-corrected chi connectivity index (χ2v) is 6.59. The van der Waals surface area contributed by atoms with E-state index in [2.05, 4.69) is 6.07 Å². The highest BCUT2D eigenvalue weighted by atomic mass is 16.2. The van der Waals surface area contributed by atoms with Gasteiger partial charge in [-0.15, -0.1) is 0 Å². The van der Waals surface area contributed by atoms with Gasteiger partial charge in [0, 0.05) is 25.2 Å². The molecular formula is C18H24N2O2. The monoisotopic (exact) mass is 300 g/mol. The van der Waals surface area contributed by atoms with E-state index in [-0.39, 0.29) is 23.9 Å². The maximum atomic E-state index is 12.7. The molecule has 22 heavy (non-hydrogen) atoms. The number of hydrogen-bond donors (Lipinski definition) is 0. The lowest BCUT2D eigenvalue weighted by atomic mass is 9.96. The number of carbonyl (C=O) groups excluding carboxylic acids is 2. The van der Waals surface area contributed by atoms with Gasteiger partial charge in [0.15, 0.2) is 0 Å². The lowest BCUT2D eigenvalue weighted by molar-refractivity contribution is -0.156. The second kappa shape index (κ2) is 6.11. The number of likely N-dealkylation sites (tertiary alicyclic amines) is 1. The zero-order chi connectivity index (χ0) is 15.7. The largest absolute Gasteiger partial charge is 0.330 e. The Morgan fingerprint density at radius 1 is 1.00 bits per heavy atom. The highest BCUT2D eigenvalue weighted by Gasteiger charge is 2.35. The van der Waals surface area contributed by atoms with Crippen LogP contribution in [0, 0.1) is 0 Å². The third-order valence-electron chi connectivity index (χ3n) is 5.03. The van der Waals surface area contributed by atoms with E-state index in [0.29, 0.717) is 13.1 Å². The van der Waals surface area contributed by atoms with Crippen molar-refractivity contribution in [2.24, 2.45) is 0 Å². The van der Waals surface area contributed by atoms with Crippen LogP contribution in [0.5, 0.6) is 0 Å². The number of piperidine rings is 1. The van der Waals surface area contributed by atoms with Gasteiger partial charge in [-0.3, -0.25) is 9.59 Å². The lowest BCUT2D eigenvalue weighted by Crippen LogP contribution is -2.54. The molecule has 2 amide bonds. The minimum atomic E-state index is -0.338. The van der Waals surface area contributed by atoms with Gasteiger partial charge in [0.25, 0.3) is 0 Å². The van der Waals surface area contributed by atoms with E-state index in [0.717, 1.165) is 31.2 Å². The lowest BCUT2D eigenvalue weighted by Gasteiger charge is -2.40. The molecule has 1 saturated heterocycles. The van der Waals surface area contributed by atoms with Gasteiger partial charge in [-0.2, -0.15) is 0 Å². The van der Waals surface area contributed by atoms with Crippen molar-refractivity contribution in [3.8, 4) is 0 Å². The Hall–Kier alpha value is -1.84. The van der Waals surface area contributed by atoms with Gasteiger partial charge in [-0.05, 0) is 50.7 Å². The van der Waals surface area contributed by atoms with Crippen molar-refractivity contribution in [2.45, 2.75) is 58.2 Å². The molecule has 2 atom stereocenters. The molecule has 0 spiro atoms. The van der Waals surface area contributed by atoms with Gasteiger partial charge in [0.05, 0.1) is 0 Å². The topological polar surface area (TPSA) is 40.6 Å². The maximum Gasteiger partial charge on any atom is 0.312 e. The molecule has 1 aromatic carbocycles. The van der Waals surface area contributed by atoms with Gasteiger partial charge >= 0.3 is 11.8 Å². The second-order valence-electron chi connectivity index (χ2n) is 6.59. The molecule has 2 heterocycles. The first-order valence-electron chi connectivity index (χ1n) is 8.26. The van der Waals surface area contributed by atoms with Crippen LogP contribution >= 0.6 is 0 Å². The fourth-order valence-corrected chi connectivity index (χ4v) is 3.74. The molecule has 0 radical (unpaired) electrons. The standard InChI is InChI=1S/C18H24N2O2/c1-13-6-5-7-14(2)20(13)18(22)17(21)19-11-10-15-8-3-4-9-16(15)12-19/h3-4,8-9,13-14H,5-7,10-12H2,1-2H3. The summed E-state index contributed by atoms with van der Waals surface area (Å²) in [5.74, 6) is -0.658. The molecule has 4 nitrogen and oxygen atoms in total. The predicted molar refractivity (Wildman–Crippen MR) is 85.2 cm³/mol. The van der Waals surface area contributed by atoms with Crippen LogP contribution in [0.15, 0.2) is 24.3 Å². The molecule has 2 unspecified atom stereocenters. The molecule has 2 aliphatic rings. The van der Waals surface area contributed by atoms with Gasteiger partial charge < -0.3 is 9.80 Å². The molecule has 0 bridgehead atoms. The summed E-state index contributed by atoms with van der Waals surface area (Å²) in [7, 11) is 0. The summed E-state index contributed by atoms with van der Waals surface area (Å²) in [6, 6.07) is 8.50. The first-order chi connectivity index (χ1) is 10.6. The number of carbonyl (C=O) groups is 2. The number of rotatable bonds is 0. The summed E-state index contributed by atoms with van der Waals surface area (Å²) in [4.78, 5) is 28.8. The summed E-state index contributed by atoms with van der Waals surface area (Å²) in [6.45, 7) is 5.29. The fraction of sp³-hybridized carbons (Fsp3) is 0.556. The molecule has 4 heteroatoms. The van der Waals surface area contributed by atoms with Crippen LogP contribution in [0.4, 0.5) is 0 Å². The Kier molecular flexibility index (Phi) is 4.19. The van der Waals surface area contributed by atoms with Gasteiger partial charge in [0.1, 0.15) is 0 Å². The van der Waals surface area contributed by atoms with Crippen LogP contribution in [0.2, 0.25) is 0 Å². The zero-order valence-corrected chi connectivity index (χ0v) is 13.4. The Bertz CT molecular complexity index is 574. The Morgan fingerprint density at radius 2 is 1.64 bits per heavy atom. The normalized spacial score (nSPS) is 24.8. The molecule has 0 saturated carbocycles. The molecule has 3 rings (SSSR count). The molecule has 0 N–H and O–H groups in total. The van der Waals surface area contributed by atoms with E-state index >= 15 is 0 Å². The summed E-state index contributed by atoms with van der Waals surface area (Å²) in [6.07, 6.45) is 3.95. The van der Waals surface area contributed by atoms with Crippen LogP contribution in [-0.4, -0.2) is 40.2 Å². The minimum absolute atomic E-state index is 0.164. The van der Waals surface area contributed by atoms with Crippen molar-refractivity contribution in [1.82, 2.24) is 9.80 Å². The molecule has 0 aliphatic carbocycles. The molecule has 1 fully saturated rings. The molecular weight excluding hydrogens is 276 g/mol. The van der Waals surface area contributed by atoms with Crippen molar-refractivity contribution in [3.05, 3.63) is 35.4 Å². The van der Waals surface area contributed by atoms with E-state index in [1.165, 1.54) is 5.56 Å². The van der Waals surface area contributed by atoms with Crippen LogP contribution in [-0.2, 0) is 22.6 Å². The number of benzene rings is 1. The summed E-state index contributed by atoms with van der Waals surface area (Å²) in [5.41, 5.74) is 2.45. The highest BCUT2D eigenvalue weighted by molar-refractivity contribution is 6.35. The Morgan fingerprint density at radius 3 is 2.32 bits per heavy atom. The van der Waals surface area contributed by atoms with E-state index in [9.17, 15) is 9.59 Å². The summed E-state index contributed by atoms with van der Waals surface area (Å²) in [5, 5.41) is 0. The molecule has 1 aromatic rings. The highest BCUT2D eigenvalue weighted by Crippen LogP contribution is 2.24. The smallest absolute Gasteiger partial charge is 0.312 e. The minimum Gasteiger partial charge on any atom is -0.330 e. The number of amides is 2. The van der Waals surface area contributed by atoms with Crippen LogP contribution in [0.25, 0.3) is 0 Å². The van der Waals surface area contributed by atoms with Gasteiger partial charge in [-0.25, -0.2) is 0 Å². The van der Waals surface area contributed by atoms with Crippen LogP contribution in [0.1, 0.15) is 44.2 Å². The van der Waals surface area contributed by atoms with E-state index < -0.39 is 0 Å². The van der Waals surface area contributed by atoms with E-state index in [4.69, 9.17) is 0 Å². The predicted octanol–water partition coefficient (Wildman–Crippen LogP) is 2.36. The fourth-order valence-electron chi connectivity index (χ4n) is 3.74. The first kappa shape index (κ1) is 15.1. The van der Waals surface area contributed by atoms with Crippen molar-refractivity contribution < 1.29 is 9.59 Å². The maximum absolute atomic E-state index is 12.7. The first-order valence-corrected chi connectivity index (χ1v) is 8.26. The summed E-state index contributed by atoms with van der Waals surface area (Å²) >= 11 is 0. The van der Waals surface area contributed by atoms with Crippen molar-refractivity contribution in [1.29, 1.82) is 0 Å². The van der Waals surface area contributed by atoms with Crippen LogP contribution < -0.4 is 0 Å². The molecule has 0 aromatic heterocycles. The molecule has 118 valence electrons. The van der Waals surface area contributed by atoms with Crippen molar-refractivity contribution >= 4 is 11.8 Å². The quantitative estimate of drug-likeness (QED) is 0.690. The third-order valence-corrected chi connectivity index (χ3v) is 5.03. The van der Waals surface area contributed by atoms with E-state index in [1.54, 1.807) is 9.80 Å². The van der Waals surface area contributed by atoms with Crippen molar-refractivity contribution in [2.75, 3.05) is 6.54 Å². The SMILES string of the molecule is CC1CCCC(C)N1C(=O)C(=O)N1CCc2ccccc2C1. The zero-order valence-electron chi connectivity index (χ0n) is 13.4. The van der Waals surface area contributed by atoms with Gasteiger partial charge in [-0.1, -0.05) is 24.3 Å². The Labute approximate surface area is 132 Å². The van der Waals surface area contributed by atoms with Gasteiger partial charge in [0.2, 0.25) is 0 Å². The number of hydrogen-bond acceptors (Lipinski definition) is 2. The number of nitrogens with zero attached hydrogens (tertiary/aromatic N) is 2. The van der Waals surface area contributed by atoms with E-state index in [1.807, 2.05) is 32.0 Å². The number of fused-ring (bicyclic) bond motifs is 1. The average Bonchev–Trinajstić information content (AvgIpc) is 2.53. The van der Waals surface area contributed by atoms with Crippen molar-refractivity contribution in [3.63, 3.8) is 0 Å². The average molecular weight is 300 g/mol. The van der Waals surface area contributed by atoms with Crippen LogP contribution in [0.3, 0.4) is 0 Å². The summed E-state index contributed by atoms with van der Waals surface area (Å²) < 4.78 is 0. The third kappa shape index (κ3) is 2.74. The molecule has 2 aliphatic heterocycles.